The molecule has 4 rings (SSSR count). The number of amides is 1. The summed E-state index contributed by atoms with van der Waals surface area (Å²) in [4.78, 5) is 14.4. The number of carbonyl (C=O) groups excluding carboxylic acids is 1. The average molecular weight is 343 g/mol. The van der Waals surface area contributed by atoms with E-state index in [2.05, 4.69) is 10.9 Å². The molecule has 1 amide bonds. The lowest BCUT2D eigenvalue weighted by Gasteiger charge is -2.35. The highest BCUT2D eigenvalue weighted by Crippen LogP contribution is 2.30. The van der Waals surface area contributed by atoms with E-state index >= 15 is 0 Å². The molecule has 2 aliphatic heterocycles. The van der Waals surface area contributed by atoms with Gasteiger partial charge in [0.1, 0.15) is 5.82 Å². The minimum Gasteiger partial charge on any atom is -0.459 e. The van der Waals surface area contributed by atoms with Crippen LogP contribution in [0, 0.1) is 11.7 Å². The number of hydrogen-bond donors (Lipinski definition) is 2. The van der Waals surface area contributed by atoms with Crippen molar-refractivity contribution in [1.82, 2.24) is 15.8 Å². The number of benzene rings is 1. The zero-order valence-electron chi connectivity index (χ0n) is 14.0. The van der Waals surface area contributed by atoms with Gasteiger partial charge in [-0.3, -0.25) is 15.6 Å². The quantitative estimate of drug-likeness (QED) is 0.900. The third-order valence-corrected chi connectivity index (χ3v) is 5.25. The second-order valence-electron chi connectivity index (χ2n) is 6.87. The standard InChI is InChI=1S/C19H22FN3O2/c20-15-7-5-13(6-8-15)16-11-17(22-21-16)14-3-1-9-23(12-14)19(24)18-4-2-10-25-18/h2,4-8,10,14,16-17,21-22H,1,3,9,11-12H2. The van der Waals surface area contributed by atoms with Crippen molar-refractivity contribution in [2.24, 2.45) is 5.92 Å². The van der Waals surface area contributed by atoms with Crippen LogP contribution in [0.15, 0.2) is 47.1 Å². The number of carbonyl (C=O) groups is 1. The van der Waals surface area contributed by atoms with Crippen LogP contribution in [0.1, 0.15) is 41.4 Å². The van der Waals surface area contributed by atoms with E-state index in [-0.39, 0.29) is 17.8 Å². The predicted octanol–water partition coefficient (Wildman–Crippen LogP) is 2.88. The second kappa shape index (κ2) is 6.98. The topological polar surface area (TPSA) is 57.5 Å². The third-order valence-electron chi connectivity index (χ3n) is 5.25. The number of nitrogens with one attached hydrogen (secondary N) is 2. The SMILES string of the molecule is O=C(c1ccco1)N1CCCC(C2CC(c3ccc(F)cc3)NN2)C1. The molecule has 2 N–H and O–H groups in total. The molecule has 2 saturated heterocycles. The number of hydrogen-bond acceptors (Lipinski definition) is 4. The van der Waals surface area contributed by atoms with Gasteiger partial charge in [0.15, 0.2) is 5.76 Å². The molecule has 3 atom stereocenters. The van der Waals surface area contributed by atoms with Crippen molar-refractivity contribution in [2.45, 2.75) is 31.3 Å². The van der Waals surface area contributed by atoms with Gasteiger partial charge in [-0.1, -0.05) is 12.1 Å². The van der Waals surface area contributed by atoms with Crippen molar-refractivity contribution in [3.05, 3.63) is 59.8 Å². The molecule has 0 bridgehead atoms. The molecule has 1 aromatic heterocycles. The first-order chi connectivity index (χ1) is 12.2. The number of furan rings is 1. The minimum atomic E-state index is -0.217. The maximum Gasteiger partial charge on any atom is 0.289 e. The van der Waals surface area contributed by atoms with Crippen LogP contribution in [0.5, 0.6) is 0 Å². The summed E-state index contributed by atoms with van der Waals surface area (Å²) < 4.78 is 18.3. The fraction of sp³-hybridized carbons (Fsp3) is 0.421. The van der Waals surface area contributed by atoms with E-state index in [4.69, 9.17) is 4.42 Å². The maximum atomic E-state index is 13.1. The van der Waals surface area contributed by atoms with Crippen LogP contribution in [0.2, 0.25) is 0 Å². The van der Waals surface area contributed by atoms with Gasteiger partial charge in [0.05, 0.1) is 6.26 Å². The van der Waals surface area contributed by atoms with E-state index in [1.807, 2.05) is 17.0 Å². The molecule has 6 heteroatoms. The first kappa shape index (κ1) is 16.3. The Hall–Kier alpha value is -2.18. The molecular weight excluding hydrogens is 321 g/mol. The molecule has 25 heavy (non-hydrogen) atoms. The van der Waals surface area contributed by atoms with Crippen LogP contribution in [0.4, 0.5) is 4.39 Å². The van der Waals surface area contributed by atoms with Crippen molar-refractivity contribution < 1.29 is 13.6 Å². The molecule has 0 aliphatic carbocycles. The van der Waals surface area contributed by atoms with Crippen LogP contribution in [-0.2, 0) is 0 Å². The van der Waals surface area contributed by atoms with Crippen molar-refractivity contribution in [2.75, 3.05) is 13.1 Å². The average Bonchev–Trinajstić information content (AvgIpc) is 3.34. The second-order valence-corrected chi connectivity index (χ2v) is 6.87. The van der Waals surface area contributed by atoms with E-state index in [1.54, 1.807) is 12.1 Å². The normalized spacial score (nSPS) is 26.8. The van der Waals surface area contributed by atoms with Gasteiger partial charge in [-0.15, -0.1) is 0 Å². The first-order valence-electron chi connectivity index (χ1n) is 8.80. The summed E-state index contributed by atoms with van der Waals surface area (Å²) in [7, 11) is 0. The lowest BCUT2D eigenvalue weighted by atomic mass is 9.87. The smallest absolute Gasteiger partial charge is 0.289 e. The molecule has 2 aromatic rings. The summed E-state index contributed by atoms with van der Waals surface area (Å²) in [5.74, 6) is 0.550. The number of piperidine rings is 1. The fourth-order valence-electron chi connectivity index (χ4n) is 3.88. The summed E-state index contributed by atoms with van der Waals surface area (Å²) in [5.41, 5.74) is 7.77. The Kier molecular flexibility index (Phi) is 4.55. The van der Waals surface area contributed by atoms with Gasteiger partial charge < -0.3 is 9.32 Å². The summed E-state index contributed by atoms with van der Waals surface area (Å²) >= 11 is 0. The predicted molar refractivity (Wildman–Crippen MR) is 91.2 cm³/mol. The van der Waals surface area contributed by atoms with Gasteiger partial charge in [0.25, 0.3) is 5.91 Å². The van der Waals surface area contributed by atoms with Crippen LogP contribution < -0.4 is 10.9 Å². The molecule has 0 radical (unpaired) electrons. The van der Waals surface area contributed by atoms with E-state index < -0.39 is 0 Å². The molecule has 2 aliphatic rings. The Morgan fingerprint density at radius 3 is 2.80 bits per heavy atom. The van der Waals surface area contributed by atoms with Gasteiger partial charge >= 0.3 is 0 Å². The number of rotatable bonds is 3. The highest BCUT2D eigenvalue weighted by atomic mass is 19.1. The summed E-state index contributed by atoms with van der Waals surface area (Å²) in [5, 5.41) is 0. The summed E-state index contributed by atoms with van der Waals surface area (Å²) in [6.45, 7) is 1.51. The largest absolute Gasteiger partial charge is 0.459 e. The molecule has 1 aromatic carbocycles. The van der Waals surface area contributed by atoms with Gasteiger partial charge in [0.2, 0.25) is 0 Å². The van der Waals surface area contributed by atoms with Crippen LogP contribution in [0.25, 0.3) is 0 Å². The van der Waals surface area contributed by atoms with E-state index in [1.165, 1.54) is 18.4 Å². The summed E-state index contributed by atoms with van der Waals surface area (Å²) in [6, 6.07) is 10.6. The number of halogens is 1. The Bertz CT molecular complexity index is 717. The molecule has 3 heterocycles. The Morgan fingerprint density at radius 2 is 2.04 bits per heavy atom. The van der Waals surface area contributed by atoms with E-state index in [0.29, 0.717) is 17.7 Å². The lowest BCUT2D eigenvalue weighted by molar-refractivity contribution is 0.0617. The van der Waals surface area contributed by atoms with Gasteiger partial charge in [0, 0.05) is 25.2 Å². The molecule has 2 fully saturated rings. The van der Waals surface area contributed by atoms with Crippen molar-refractivity contribution in [3.63, 3.8) is 0 Å². The first-order valence-corrected chi connectivity index (χ1v) is 8.80. The van der Waals surface area contributed by atoms with E-state index in [9.17, 15) is 9.18 Å². The van der Waals surface area contributed by atoms with Crippen molar-refractivity contribution in [1.29, 1.82) is 0 Å². The Balaban J connectivity index is 1.39. The zero-order valence-corrected chi connectivity index (χ0v) is 14.0. The van der Waals surface area contributed by atoms with Gasteiger partial charge in [-0.25, -0.2) is 4.39 Å². The molecule has 132 valence electrons. The summed E-state index contributed by atoms with van der Waals surface area (Å²) in [6.07, 6.45) is 4.55. The molecule has 0 spiro atoms. The number of hydrazine groups is 1. The van der Waals surface area contributed by atoms with Crippen LogP contribution in [0.3, 0.4) is 0 Å². The lowest BCUT2D eigenvalue weighted by Crippen LogP contribution is -2.47. The van der Waals surface area contributed by atoms with Crippen molar-refractivity contribution in [3.8, 4) is 0 Å². The van der Waals surface area contributed by atoms with Crippen LogP contribution in [-0.4, -0.2) is 29.9 Å². The highest BCUT2D eigenvalue weighted by Gasteiger charge is 2.35. The third kappa shape index (κ3) is 3.45. The van der Waals surface area contributed by atoms with Gasteiger partial charge in [-0.2, -0.15) is 0 Å². The fourth-order valence-corrected chi connectivity index (χ4v) is 3.88. The number of nitrogens with zero attached hydrogens (tertiary/aromatic N) is 1. The molecule has 5 nitrogen and oxygen atoms in total. The highest BCUT2D eigenvalue weighted by molar-refractivity contribution is 5.91. The Labute approximate surface area is 146 Å². The zero-order chi connectivity index (χ0) is 17.2. The Morgan fingerprint density at radius 1 is 1.20 bits per heavy atom. The minimum absolute atomic E-state index is 0.0317. The van der Waals surface area contributed by atoms with Gasteiger partial charge in [-0.05, 0) is 55.0 Å². The van der Waals surface area contributed by atoms with Crippen molar-refractivity contribution >= 4 is 5.91 Å². The van der Waals surface area contributed by atoms with Crippen LogP contribution >= 0.6 is 0 Å². The maximum absolute atomic E-state index is 13.1. The molecule has 3 unspecified atom stereocenters. The van der Waals surface area contributed by atoms with E-state index in [0.717, 1.165) is 37.9 Å². The molecular formula is C19H22FN3O2. The number of likely N-dealkylation sites (tertiary alicyclic amines) is 1. The molecule has 0 saturated carbocycles. The monoisotopic (exact) mass is 343 g/mol.